The number of nitrogens with zero attached hydrogens (tertiary/aromatic N) is 2. The third kappa shape index (κ3) is 4.71. The molecule has 0 aliphatic rings. The van der Waals surface area contributed by atoms with Gasteiger partial charge in [-0.05, 0) is 53.4 Å². The van der Waals surface area contributed by atoms with Crippen LogP contribution in [0.2, 0.25) is 0 Å². The summed E-state index contributed by atoms with van der Waals surface area (Å²) in [5, 5.41) is 11.9. The Morgan fingerprint density at radius 2 is 1.72 bits per heavy atom. The van der Waals surface area contributed by atoms with Crippen LogP contribution in [-0.4, -0.2) is 32.2 Å². The average Bonchev–Trinajstić information content (AvgIpc) is 3.44. The van der Waals surface area contributed by atoms with Crippen molar-refractivity contribution in [1.29, 1.82) is 0 Å². The number of carbonyl (C=O) groups is 2. The molecule has 1 N–H and O–H groups in total. The Bertz CT molecular complexity index is 1300. The number of hydrogen-bond acceptors (Lipinski definition) is 7. The maximum atomic E-state index is 13.4. The van der Waals surface area contributed by atoms with Crippen LogP contribution in [0.25, 0.3) is 16.6 Å². The number of thiophene rings is 1. The predicted molar refractivity (Wildman–Crippen MR) is 117 cm³/mol. The number of alkyl halides is 2. The minimum absolute atomic E-state index is 0.0741. The van der Waals surface area contributed by atoms with Crippen molar-refractivity contribution >= 4 is 51.4 Å². The minimum Gasteiger partial charge on any atom is -0.478 e. The van der Waals surface area contributed by atoms with Gasteiger partial charge in [-0.1, -0.05) is 12.1 Å². The molecule has 0 aliphatic carbocycles. The molecule has 0 bridgehead atoms. The Labute approximate surface area is 188 Å². The van der Waals surface area contributed by atoms with Gasteiger partial charge in [-0.3, -0.25) is 4.79 Å². The summed E-state index contributed by atoms with van der Waals surface area (Å²) in [7, 11) is 0. The number of carbonyl (C=O) groups excluding carboxylic acids is 1. The monoisotopic (exact) mass is 472 g/mol. The summed E-state index contributed by atoms with van der Waals surface area (Å²) in [4.78, 5) is 26.5. The first-order valence-electron chi connectivity index (χ1n) is 9.23. The molecule has 162 valence electrons. The van der Waals surface area contributed by atoms with Gasteiger partial charge in [0, 0.05) is 22.4 Å². The standard InChI is InChI=1S/C22H14F2N2O4S2/c23-22(24)30-14-6-3-12(4-7-14)20(27)16(11-15-2-1-9-31-15)19(21(28)29)13-5-8-17-18(10-13)26-32-25-17/h1-10,22H,11H2,(H,28,29). The molecule has 6 nitrogen and oxygen atoms in total. The smallest absolute Gasteiger partial charge is 0.387 e. The lowest BCUT2D eigenvalue weighted by molar-refractivity contribution is -0.130. The Morgan fingerprint density at radius 3 is 2.38 bits per heavy atom. The van der Waals surface area contributed by atoms with Gasteiger partial charge in [0.1, 0.15) is 16.8 Å². The van der Waals surface area contributed by atoms with Gasteiger partial charge in [0.2, 0.25) is 0 Å². The maximum absolute atomic E-state index is 13.4. The van der Waals surface area contributed by atoms with E-state index in [-0.39, 0.29) is 28.9 Å². The van der Waals surface area contributed by atoms with Gasteiger partial charge in [0.25, 0.3) is 0 Å². The van der Waals surface area contributed by atoms with E-state index in [2.05, 4.69) is 13.5 Å². The highest BCUT2D eigenvalue weighted by atomic mass is 32.1. The number of allylic oxidation sites excluding steroid dienone is 1. The molecule has 0 radical (unpaired) electrons. The molecule has 0 atom stereocenters. The average molecular weight is 472 g/mol. The number of rotatable bonds is 8. The molecule has 0 spiro atoms. The van der Waals surface area contributed by atoms with Crippen LogP contribution in [0.3, 0.4) is 0 Å². The van der Waals surface area contributed by atoms with E-state index in [4.69, 9.17) is 0 Å². The number of halogens is 2. The molecule has 0 fully saturated rings. The summed E-state index contributed by atoms with van der Waals surface area (Å²) in [5.41, 5.74) is 1.58. The quantitative estimate of drug-likeness (QED) is 0.276. The fourth-order valence-corrected chi connectivity index (χ4v) is 4.43. The fraction of sp³-hybridized carbons (Fsp3) is 0.0909. The summed E-state index contributed by atoms with van der Waals surface area (Å²) < 4.78 is 37.4. The van der Waals surface area contributed by atoms with Crippen molar-refractivity contribution in [3.8, 4) is 5.75 Å². The van der Waals surface area contributed by atoms with E-state index >= 15 is 0 Å². The predicted octanol–water partition coefficient (Wildman–Crippen LogP) is 5.32. The number of fused-ring (bicyclic) bond motifs is 1. The second-order valence-electron chi connectivity index (χ2n) is 6.61. The van der Waals surface area contributed by atoms with E-state index < -0.39 is 18.4 Å². The zero-order chi connectivity index (χ0) is 22.7. The lowest BCUT2D eigenvalue weighted by Crippen LogP contribution is -2.14. The highest BCUT2D eigenvalue weighted by molar-refractivity contribution is 7.09. The second-order valence-corrected chi connectivity index (χ2v) is 8.18. The number of carboxylic acids is 1. The molecule has 4 rings (SSSR count). The van der Waals surface area contributed by atoms with Crippen LogP contribution in [0.5, 0.6) is 5.75 Å². The van der Waals surface area contributed by atoms with Crippen molar-refractivity contribution in [2.75, 3.05) is 0 Å². The topological polar surface area (TPSA) is 89.4 Å². The van der Waals surface area contributed by atoms with Crippen molar-refractivity contribution < 1.29 is 28.2 Å². The molecule has 2 heterocycles. The summed E-state index contributed by atoms with van der Waals surface area (Å²) in [6, 6.07) is 13.6. The molecule has 0 amide bonds. The summed E-state index contributed by atoms with van der Waals surface area (Å²) in [6.07, 6.45) is 0.0980. The van der Waals surface area contributed by atoms with Crippen molar-refractivity contribution in [2.24, 2.45) is 0 Å². The highest BCUT2D eigenvalue weighted by Gasteiger charge is 2.25. The van der Waals surface area contributed by atoms with Crippen molar-refractivity contribution in [1.82, 2.24) is 8.75 Å². The largest absolute Gasteiger partial charge is 0.478 e. The first-order valence-corrected chi connectivity index (χ1v) is 10.8. The number of carboxylic acid groups (broad SMARTS) is 1. The van der Waals surface area contributed by atoms with Gasteiger partial charge >= 0.3 is 12.6 Å². The Morgan fingerprint density at radius 1 is 1.00 bits per heavy atom. The SMILES string of the molecule is O=C(O)C(=C(Cc1cccs1)C(=O)c1ccc(OC(F)F)cc1)c1ccc2nsnc2c1. The van der Waals surface area contributed by atoms with Crippen LogP contribution in [0, 0.1) is 0 Å². The molecular weight excluding hydrogens is 458 g/mol. The first kappa shape index (κ1) is 21.7. The lowest BCUT2D eigenvalue weighted by Gasteiger charge is -2.13. The summed E-state index contributed by atoms with van der Waals surface area (Å²) in [5.74, 6) is -1.87. The van der Waals surface area contributed by atoms with Crippen molar-refractivity contribution in [2.45, 2.75) is 13.0 Å². The molecule has 2 aromatic heterocycles. The zero-order valence-electron chi connectivity index (χ0n) is 16.2. The van der Waals surface area contributed by atoms with Crippen LogP contribution < -0.4 is 4.74 Å². The number of hydrogen-bond donors (Lipinski definition) is 1. The molecule has 32 heavy (non-hydrogen) atoms. The summed E-state index contributed by atoms with van der Waals surface area (Å²) in [6.45, 7) is -2.99. The number of ketones is 1. The molecule has 10 heteroatoms. The normalized spacial score (nSPS) is 12.1. The molecule has 0 aliphatic heterocycles. The van der Waals surface area contributed by atoms with Gasteiger partial charge in [-0.15, -0.1) is 11.3 Å². The van der Waals surface area contributed by atoms with Crippen molar-refractivity contribution in [3.05, 3.63) is 81.6 Å². The number of Topliss-reactive ketones (excluding diaryl/α,β-unsaturated/α-hetero) is 1. The van der Waals surface area contributed by atoms with E-state index in [1.807, 2.05) is 17.5 Å². The minimum atomic E-state index is -2.99. The van der Waals surface area contributed by atoms with Gasteiger partial charge in [-0.25, -0.2) is 4.79 Å². The van der Waals surface area contributed by atoms with Gasteiger partial charge in [0.15, 0.2) is 5.78 Å². The van der Waals surface area contributed by atoms with E-state index in [1.165, 1.54) is 35.6 Å². The Hall–Kier alpha value is -3.50. The Kier molecular flexibility index (Phi) is 6.33. The third-order valence-electron chi connectivity index (χ3n) is 4.60. The Balaban J connectivity index is 1.82. The maximum Gasteiger partial charge on any atom is 0.387 e. The molecule has 0 saturated heterocycles. The van der Waals surface area contributed by atoms with Crippen LogP contribution >= 0.6 is 23.1 Å². The van der Waals surface area contributed by atoms with Crippen LogP contribution in [0.1, 0.15) is 20.8 Å². The number of aromatic nitrogens is 2. The van der Waals surface area contributed by atoms with Gasteiger partial charge in [0.05, 0.1) is 17.3 Å². The van der Waals surface area contributed by atoms with Gasteiger partial charge < -0.3 is 9.84 Å². The fourth-order valence-electron chi connectivity index (χ4n) is 3.20. The van der Waals surface area contributed by atoms with Crippen LogP contribution in [-0.2, 0) is 11.2 Å². The van der Waals surface area contributed by atoms with E-state index in [9.17, 15) is 23.5 Å². The van der Waals surface area contributed by atoms with Gasteiger partial charge in [-0.2, -0.15) is 17.5 Å². The molecular formula is C22H14F2N2O4S2. The third-order valence-corrected chi connectivity index (χ3v) is 6.04. The lowest BCUT2D eigenvalue weighted by atomic mass is 9.91. The first-order chi connectivity index (χ1) is 15.4. The van der Waals surface area contributed by atoms with E-state index in [0.29, 0.717) is 16.6 Å². The molecule has 2 aromatic carbocycles. The van der Waals surface area contributed by atoms with E-state index in [0.717, 1.165) is 16.6 Å². The van der Waals surface area contributed by atoms with Crippen molar-refractivity contribution in [3.63, 3.8) is 0 Å². The number of ether oxygens (including phenoxy) is 1. The van der Waals surface area contributed by atoms with Crippen LogP contribution in [0.15, 0.2) is 65.6 Å². The highest BCUT2D eigenvalue weighted by Crippen LogP contribution is 2.29. The molecule has 0 unspecified atom stereocenters. The number of benzene rings is 2. The van der Waals surface area contributed by atoms with Crippen LogP contribution in [0.4, 0.5) is 8.78 Å². The zero-order valence-corrected chi connectivity index (χ0v) is 17.8. The van der Waals surface area contributed by atoms with E-state index in [1.54, 1.807) is 18.2 Å². The summed E-state index contributed by atoms with van der Waals surface area (Å²) >= 11 is 2.41. The number of aliphatic carboxylic acids is 1. The second kappa shape index (κ2) is 9.33. The molecule has 0 saturated carbocycles. The molecule has 4 aromatic rings.